The molecule has 1 nitrogen and oxygen atoms in total. The SMILES string of the molecule is CC(C)(C)c1ccc2c(c1)-c1ccc3c4c(ccc-2c14)-c1ccc(N(c2ccc4c(c2)C(C)(C)c2ccccc2-4)c2ccc4c(c2)C(C)(C)c2ccccc2-4)cc1C3(C)C. The van der Waals surface area contributed by atoms with Gasteiger partial charge in [0.05, 0.1) is 0 Å². The summed E-state index contributed by atoms with van der Waals surface area (Å²) in [6.45, 7) is 21.4. The maximum absolute atomic E-state index is 2.53. The molecule has 0 radical (unpaired) electrons. The van der Waals surface area contributed by atoms with E-state index in [1.807, 2.05) is 0 Å². The molecule has 0 aromatic heterocycles. The van der Waals surface area contributed by atoms with Gasteiger partial charge in [-0.2, -0.15) is 0 Å². The molecule has 0 amide bonds. The van der Waals surface area contributed by atoms with Gasteiger partial charge in [0.1, 0.15) is 0 Å². The molecule has 292 valence electrons. The summed E-state index contributed by atoms with van der Waals surface area (Å²) in [6.07, 6.45) is 0. The standard InChI is InChI=1S/C59H51N/c1-56(2,3)34-18-22-38-44-26-27-45-43-25-21-37(33-53(43)59(8,9)50-29-28-46(47(38)30-34)54(44)55(45)50)60(35-19-23-41-39-14-10-12-16-48(39)57(4,5)51(41)31-35)36-20-24-42-40-15-11-13-17-49(40)58(6,7)52(42)32-36/h10-33H,1-9H3. The second-order valence-electron chi connectivity index (χ2n) is 20.6. The second kappa shape index (κ2) is 11.5. The molecule has 0 spiro atoms. The van der Waals surface area contributed by atoms with Gasteiger partial charge in [0.25, 0.3) is 0 Å². The Bertz CT molecular complexity index is 3110. The molecule has 0 fully saturated rings. The Labute approximate surface area is 355 Å². The second-order valence-corrected chi connectivity index (χ2v) is 20.6. The Morgan fingerprint density at radius 3 is 1.22 bits per heavy atom. The summed E-state index contributed by atoms with van der Waals surface area (Å²) in [5.74, 6) is 0. The van der Waals surface area contributed by atoms with Crippen LogP contribution < -0.4 is 4.90 Å². The third-order valence-corrected chi connectivity index (χ3v) is 15.2. The Morgan fingerprint density at radius 1 is 0.317 bits per heavy atom. The molecule has 12 rings (SSSR count). The Balaban J connectivity index is 1.06. The minimum absolute atomic E-state index is 0.0912. The molecule has 0 saturated carbocycles. The van der Waals surface area contributed by atoms with E-state index in [2.05, 4.69) is 213 Å². The van der Waals surface area contributed by atoms with Crippen LogP contribution in [0.1, 0.15) is 101 Å². The molecule has 1 heteroatoms. The van der Waals surface area contributed by atoms with Crippen molar-refractivity contribution in [2.75, 3.05) is 4.90 Å². The fourth-order valence-corrected chi connectivity index (χ4v) is 11.8. The summed E-state index contributed by atoms with van der Waals surface area (Å²) < 4.78 is 0. The zero-order valence-electron chi connectivity index (χ0n) is 36.3. The molecule has 4 aliphatic rings. The van der Waals surface area contributed by atoms with Crippen LogP contribution in [0.25, 0.3) is 66.4 Å². The number of hydrogen-bond acceptors (Lipinski definition) is 1. The van der Waals surface area contributed by atoms with Crippen molar-refractivity contribution in [3.05, 3.63) is 185 Å². The van der Waals surface area contributed by atoms with E-state index in [1.165, 1.54) is 122 Å². The molecular formula is C59H51N. The van der Waals surface area contributed by atoms with Gasteiger partial charge in [-0.15, -0.1) is 0 Å². The van der Waals surface area contributed by atoms with E-state index >= 15 is 0 Å². The fraction of sp³-hybridized carbons (Fsp3) is 0.220. The van der Waals surface area contributed by atoms with E-state index < -0.39 is 0 Å². The minimum atomic E-state index is -0.227. The number of rotatable bonds is 3. The molecule has 8 aromatic carbocycles. The van der Waals surface area contributed by atoms with Crippen LogP contribution in [0.3, 0.4) is 0 Å². The quantitative estimate of drug-likeness (QED) is 0.173. The van der Waals surface area contributed by atoms with E-state index in [4.69, 9.17) is 0 Å². The molecule has 0 aliphatic heterocycles. The molecule has 0 bridgehead atoms. The van der Waals surface area contributed by atoms with Gasteiger partial charge in [-0.1, -0.05) is 165 Å². The Hall–Kier alpha value is -6.18. The first-order valence-electron chi connectivity index (χ1n) is 21.8. The third kappa shape index (κ3) is 4.53. The van der Waals surface area contributed by atoms with Crippen molar-refractivity contribution in [3.63, 3.8) is 0 Å². The minimum Gasteiger partial charge on any atom is -0.310 e. The molecular weight excluding hydrogens is 723 g/mol. The van der Waals surface area contributed by atoms with E-state index in [9.17, 15) is 0 Å². The van der Waals surface area contributed by atoms with E-state index in [1.54, 1.807) is 0 Å². The topological polar surface area (TPSA) is 3.24 Å². The molecule has 0 atom stereocenters. The van der Waals surface area contributed by atoms with Crippen LogP contribution >= 0.6 is 0 Å². The summed E-state index contributed by atoms with van der Waals surface area (Å²) in [7, 11) is 0. The molecule has 60 heavy (non-hydrogen) atoms. The number of hydrogen-bond donors (Lipinski definition) is 0. The average molecular weight is 774 g/mol. The van der Waals surface area contributed by atoms with Gasteiger partial charge in [-0.3, -0.25) is 0 Å². The van der Waals surface area contributed by atoms with Gasteiger partial charge < -0.3 is 4.90 Å². The molecule has 0 unspecified atom stereocenters. The number of nitrogens with zero attached hydrogens (tertiary/aromatic N) is 1. The highest BCUT2D eigenvalue weighted by Crippen LogP contribution is 2.58. The van der Waals surface area contributed by atoms with Crippen molar-refractivity contribution in [2.45, 2.75) is 84.0 Å². The first-order chi connectivity index (χ1) is 28.7. The maximum Gasteiger partial charge on any atom is 0.0465 e. The van der Waals surface area contributed by atoms with Gasteiger partial charge >= 0.3 is 0 Å². The smallest absolute Gasteiger partial charge is 0.0465 e. The fourth-order valence-electron chi connectivity index (χ4n) is 11.8. The average Bonchev–Trinajstić information content (AvgIpc) is 3.77. The predicted molar refractivity (Wildman–Crippen MR) is 254 cm³/mol. The lowest BCUT2D eigenvalue weighted by Gasteiger charge is -2.37. The van der Waals surface area contributed by atoms with Crippen molar-refractivity contribution < 1.29 is 0 Å². The van der Waals surface area contributed by atoms with Gasteiger partial charge in [0.2, 0.25) is 0 Å². The lowest BCUT2D eigenvalue weighted by molar-refractivity contribution is 0.590. The zero-order chi connectivity index (χ0) is 41.2. The summed E-state index contributed by atoms with van der Waals surface area (Å²) in [6, 6.07) is 56.5. The Kier molecular flexibility index (Phi) is 6.88. The highest BCUT2D eigenvalue weighted by Gasteiger charge is 2.40. The van der Waals surface area contributed by atoms with Crippen LogP contribution in [0.5, 0.6) is 0 Å². The molecule has 0 N–H and O–H groups in total. The lowest BCUT2D eigenvalue weighted by Crippen LogP contribution is -2.24. The monoisotopic (exact) mass is 773 g/mol. The van der Waals surface area contributed by atoms with Crippen LogP contribution in [-0.2, 0) is 21.7 Å². The van der Waals surface area contributed by atoms with Gasteiger partial charge in [-0.05, 0) is 153 Å². The van der Waals surface area contributed by atoms with Crippen molar-refractivity contribution in [3.8, 4) is 55.6 Å². The van der Waals surface area contributed by atoms with Crippen molar-refractivity contribution >= 4 is 27.8 Å². The molecule has 0 saturated heterocycles. The van der Waals surface area contributed by atoms with Crippen molar-refractivity contribution in [1.29, 1.82) is 0 Å². The number of benzene rings is 8. The van der Waals surface area contributed by atoms with E-state index in [0.29, 0.717) is 0 Å². The maximum atomic E-state index is 2.53. The third-order valence-electron chi connectivity index (χ3n) is 15.2. The highest BCUT2D eigenvalue weighted by molar-refractivity contribution is 6.21. The summed E-state index contributed by atoms with van der Waals surface area (Å²) >= 11 is 0. The number of fused-ring (bicyclic) bond motifs is 11. The lowest BCUT2D eigenvalue weighted by atomic mass is 9.68. The normalized spacial score (nSPS) is 16.1. The van der Waals surface area contributed by atoms with Crippen molar-refractivity contribution in [2.24, 2.45) is 0 Å². The predicted octanol–water partition coefficient (Wildman–Crippen LogP) is 16.2. The first kappa shape index (κ1) is 35.7. The van der Waals surface area contributed by atoms with Crippen LogP contribution in [0.2, 0.25) is 0 Å². The first-order valence-corrected chi connectivity index (χ1v) is 21.8. The largest absolute Gasteiger partial charge is 0.310 e. The van der Waals surface area contributed by atoms with Crippen molar-refractivity contribution in [1.82, 2.24) is 0 Å². The molecule has 4 aliphatic carbocycles. The van der Waals surface area contributed by atoms with Crippen LogP contribution in [0.15, 0.2) is 146 Å². The zero-order valence-corrected chi connectivity index (χ0v) is 36.3. The van der Waals surface area contributed by atoms with E-state index in [-0.39, 0.29) is 21.7 Å². The molecule has 8 aromatic rings. The Morgan fingerprint density at radius 2 is 0.700 bits per heavy atom. The number of anilines is 3. The summed E-state index contributed by atoms with van der Waals surface area (Å²) in [5, 5.41) is 2.83. The summed E-state index contributed by atoms with van der Waals surface area (Å²) in [5.41, 5.74) is 26.5. The van der Waals surface area contributed by atoms with Crippen LogP contribution in [0, 0.1) is 0 Å². The van der Waals surface area contributed by atoms with E-state index in [0.717, 1.165) is 0 Å². The highest BCUT2D eigenvalue weighted by atomic mass is 15.1. The van der Waals surface area contributed by atoms with Crippen LogP contribution in [-0.4, -0.2) is 0 Å². The van der Waals surface area contributed by atoms with Gasteiger partial charge in [0, 0.05) is 33.3 Å². The van der Waals surface area contributed by atoms with Gasteiger partial charge in [0.15, 0.2) is 0 Å². The van der Waals surface area contributed by atoms with Gasteiger partial charge in [-0.25, -0.2) is 0 Å². The van der Waals surface area contributed by atoms with Crippen LogP contribution in [0.4, 0.5) is 17.1 Å². The summed E-state index contributed by atoms with van der Waals surface area (Å²) in [4.78, 5) is 2.53. The molecule has 0 heterocycles.